The molecular weight excluding hydrogens is 328 g/mol. The Kier molecular flexibility index (Phi) is 5.44. The number of carbonyl (C=O) groups excluding carboxylic acids is 1. The fraction of sp³-hybridized carbons (Fsp3) is 0.375. The summed E-state index contributed by atoms with van der Waals surface area (Å²) in [5.74, 6) is -3.48. The molecule has 0 aromatic heterocycles. The van der Waals surface area contributed by atoms with E-state index in [-0.39, 0.29) is 17.9 Å². The molecule has 0 spiro atoms. The fourth-order valence-electron chi connectivity index (χ4n) is 2.44. The van der Waals surface area contributed by atoms with Gasteiger partial charge in [-0.2, -0.15) is 5.26 Å². The van der Waals surface area contributed by atoms with Gasteiger partial charge < -0.3 is 9.64 Å². The molecule has 1 atom stereocenters. The number of alkyl halides is 2. The van der Waals surface area contributed by atoms with E-state index in [0.29, 0.717) is 4.90 Å². The molecule has 0 fully saturated rings. The van der Waals surface area contributed by atoms with Crippen molar-refractivity contribution in [2.75, 3.05) is 13.2 Å². The van der Waals surface area contributed by atoms with Crippen LogP contribution in [-0.4, -0.2) is 30.4 Å². The van der Waals surface area contributed by atoms with Crippen LogP contribution in [0.4, 0.5) is 17.6 Å². The third-order valence-electron chi connectivity index (χ3n) is 3.54. The van der Waals surface area contributed by atoms with E-state index in [1.807, 2.05) is 0 Å². The minimum absolute atomic E-state index is 0.194. The van der Waals surface area contributed by atoms with Gasteiger partial charge in [0.2, 0.25) is 5.91 Å². The molecule has 0 radical (unpaired) electrons. The van der Waals surface area contributed by atoms with Gasteiger partial charge in [0.05, 0.1) is 17.8 Å². The van der Waals surface area contributed by atoms with Gasteiger partial charge in [-0.1, -0.05) is 13.0 Å². The Morgan fingerprint density at radius 2 is 2.00 bits per heavy atom. The fourth-order valence-corrected chi connectivity index (χ4v) is 2.44. The Hall–Kier alpha value is -2.56. The van der Waals surface area contributed by atoms with Crippen LogP contribution >= 0.6 is 0 Å². The maximum Gasteiger partial charge on any atom is 0.256 e. The number of carbonyl (C=O) groups is 1. The number of ether oxygens (including phenoxy) is 1. The molecule has 1 heterocycles. The number of allylic oxidation sites excluding steroid dienone is 1. The highest BCUT2D eigenvalue weighted by molar-refractivity contribution is 5.90. The number of halogens is 4. The summed E-state index contributed by atoms with van der Waals surface area (Å²) in [4.78, 5) is 12.8. The zero-order valence-electron chi connectivity index (χ0n) is 12.7. The summed E-state index contributed by atoms with van der Waals surface area (Å²) in [6.07, 6.45) is -1.28. The quantitative estimate of drug-likeness (QED) is 0.771. The predicted octanol–water partition coefficient (Wildman–Crippen LogP) is 3.34. The number of hydrogen-bond acceptors (Lipinski definition) is 3. The van der Waals surface area contributed by atoms with Gasteiger partial charge in [-0.05, 0) is 6.42 Å². The van der Waals surface area contributed by atoms with Crippen molar-refractivity contribution in [1.82, 2.24) is 4.90 Å². The van der Waals surface area contributed by atoms with E-state index < -0.39 is 48.6 Å². The third kappa shape index (κ3) is 3.67. The first-order chi connectivity index (χ1) is 11.3. The van der Waals surface area contributed by atoms with Crippen LogP contribution in [0.25, 0.3) is 5.70 Å². The molecule has 0 N–H and O–H groups in total. The van der Waals surface area contributed by atoms with E-state index in [2.05, 4.69) is 0 Å². The Labute approximate surface area is 135 Å². The van der Waals surface area contributed by atoms with E-state index in [1.165, 1.54) is 6.08 Å². The zero-order chi connectivity index (χ0) is 17.9. The van der Waals surface area contributed by atoms with Gasteiger partial charge in [0, 0.05) is 18.1 Å². The lowest BCUT2D eigenvalue weighted by Crippen LogP contribution is -2.40. The maximum absolute atomic E-state index is 14.3. The number of amides is 1. The average Bonchev–Trinajstić information content (AvgIpc) is 2.51. The van der Waals surface area contributed by atoms with Crippen molar-refractivity contribution in [2.24, 2.45) is 5.92 Å². The summed E-state index contributed by atoms with van der Waals surface area (Å²) >= 11 is 0. The number of hydrogen-bond donors (Lipinski definition) is 0. The van der Waals surface area contributed by atoms with Crippen molar-refractivity contribution < 1.29 is 27.1 Å². The SMILES string of the molecule is CC1CC=C(c2c(F)cc(OCC#N)cc2F)N(CC(F)F)C1=O. The van der Waals surface area contributed by atoms with Crippen LogP contribution in [0.5, 0.6) is 5.75 Å². The zero-order valence-corrected chi connectivity index (χ0v) is 12.7. The molecule has 0 aliphatic carbocycles. The van der Waals surface area contributed by atoms with Crippen LogP contribution in [0.2, 0.25) is 0 Å². The highest BCUT2D eigenvalue weighted by Crippen LogP contribution is 2.33. The molecule has 0 saturated heterocycles. The molecule has 1 aliphatic rings. The lowest BCUT2D eigenvalue weighted by Gasteiger charge is -2.32. The number of rotatable bonds is 5. The maximum atomic E-state index is 14.3. The summed E-state index contributed by atoms with van der Waals surface area (Å²) < 4.78 is 58.9. The lowest BCUT2D eigenvalue weighted by atomic mass is 9.96. The van der Waals surface area contributed by atoms with Crippen molar-refractivity contribution >= 4 is 11.6 Å². The number of benzene rings is 1. The Balaban J connectivity index is 2.45. The van der Waals surface area contributed by atoms with E-state index in [4.69, 9.17) is 10.00 Å². The molecule has 1 aliphatic heterocycles. The van der Waals surface area contributed by atoms with Gasteiger partial charge >= 0.3 is 0 Å². The molecule has 0 saturated carbocycles. The third-order valence-corrected chi connectivity index (χ3v) is 3.54. The molecule has 1 aromatic carbocycles. The van der Waals surface area contributed by atoms with Crippen molar-refractivity contribution in [3.8, 4) is 11.8 Å². The molecule has 24 heavy (non-hydrogen) atoms. The smallest absolute Gasteiger partial charge is 0.256 e. The first-order valence-electron chi connectivity index (χ1n) is 7.14. The van der Waals surface area contributed by atoms with Gasteiger partial charge in [-0.25, -0.2) is 17.6 Å². The second-order valence-corrected chi connectivity index (χ2v) is 5.27. The molecule has 1 amide bonds. The van der Waals surface area contributed by atoms with Crippen LogP contribution in [-0.2, 0) is 4.79 Å². The molecular formula is C16H14F4N2O2. The summed E-state index contributed by atoms with van der Waals surface area (Å²) in [5.41, 5.74) is -0.791. The monoisotopic (exact) mass is 342 g/mol. The molecule has 1 aromatic rings. The Morgan fingerprint density at radius 1 is 1.38 bits per heavy atom. The predicted molar refractivity (Wildman–Crippen MR) is 76.9 cm³/mol. The summed E-state index contributed by atoms with van der Waals surface area (Å²) in [5, 5.41) is 8.41. The molecule has 128 valence electrons. The second kappa shape index (κ2) is 7.34. The van der Waals surface area contributed by atoms with Crippen LogP contribution in [0.3, 0.4) is 0 Å². The van der Waals surface area contributed by atoms with Gasteiger partial charge in [0.25, 0.3) is 6.43 Å². The normalized spacial score (nSPS) is 17.7. The Bertz CT molecular complexity index is 690. The second-order valence-electron chi connectivity index (χ2n) is 5.27. The van der Waals surface area contributed by atoms with Crippen molar-refractivity contribution in [1.29, 1.82) is 5.26 Å². The topological polar surface area (TPSA) is 53.3 Å². The number of nitrogens with zero attached hydrogens (tertiary/aromatic N) is 2. The first-order valence-corrected chi connectivity index (χ1v) is 7.14. The van der Waals surface area contributed by atoms with Crippen molar-refractivity contribution in [3.63, 3.8) is 0 Å². The lowest BCUT2D eigenvalue weighted by molar-refractivity contribution is -0.133. The van der Waals surface area contributed by atoms with Crippen molar-refractivity contribution in [2.45, 2.75) is 19.8 Å². The van der Waals surface area contributed by atoms with Gasteiger partial charge in [-0.3, -0.25) is 4.79 Å². The molecule has 4 nitrogen and oxygen atoms in total. The highest BCUT2D eigenvalue weighted by Gasteiger charge is 2.33. The standard InChI is InChI=1S/C16H14F4N2O2/c1-9-2-3-13(22(16(9)23)8-14(19)20)15-11(17)6-10(7-12(15)18)24-5-4-21/h3,6-7,9,14H,2,5,8H2,1H3. The summed E-state index contributed by atoms with van der Waals surface area (Å²) in [7, 11) is 0. The van der Waals surface area contributed by atoms with Crippen LogP contribution in [0.1, 0.15) is 18.9 Å². The largest absolute Gasteiger partial charge is 0.479 e. The average molecular weight is 342 g/mol. The van der Waals surface area contributed by atoms with Crippen LogP contribution in [0.15, 0.2) is 18.2 Å². The van der Waals surface area contributed by atoms with E-state index in [9.17, 15) is 22.4 Å². The van der Waals surface area contributed by atoms with Crippen LogP contribution < -0.4 is 4.74 Å². The minimum Gasteiger partial charge on any atom is -0.479 e. The number of nitriles is 1. The van der Waals surface area contributed by atoms with Crippen molar-refractivity contribution in [3.05, 3.63) is 35.4 Å². The first kappa shape index (κ1) is 17.8. The highest BCUT2D eigenvalue weighted by atomic mass is 19.3. The molecule has 0 bridgehead atoms. The van der Waals surface area contributed by atoms with E-state index >= 15 is 0 Å². The van der Waals surface area contributed by atoms with E-state index in [0.717, 1.165) is 12.1 Å². The van der Waals surface area contributed by atoms with Crippen LogP contribution in [0, 0.1) is 28.9 Å². The molecule has 1 unspecified atom stereocenters. The molecule has 2 rings (SSSR count). The minimum atomic E-state index is -2.84. The van der Waals surface area contributed by atoms with Gasteiger partial charge in [-0.15, -0.1) is 0 Å². The van der Waals surface area contributed by atoms with E-state index in [1.54, 1.807) is 13.0 Å². The van der Waals surface area contributed by atoms with Gasteiger partial charge in [0.1, 0.15) is 23.5 Å². The molecule has 8 heteroatoms. The Morgan fingerprint density at radius 3 is 2.54 bits per heavy atom. The summed E-state index contributed by atoms with van der Waals surface area (Å²) in [6.45, 7) is 0.217. The summed E-state index contributed by atoms with van der Waals surface area (Å²) in [6, 6.07) is 3.35. The van der Waals surface area contributed by atoms with Gasteiger partial charge in [0.15, 0.2) is 6.61 Å².